The van der Waals surface area contributed by atoms with Crippen LogP contribution in [0.3, 0.4) is 0 Å². The maximum atomic E-state index is 12.8. The van der Waals surface area contributed by atoms with Crippen molar-refractivity contribution in [2.24, 2.45) is 5.41 Å². The Labute approximate surface area is 126 Å². The first-order chi connectivity index (χ1) is 10.1. The summed E-state index contributed by atoms with van der Waals surface area (Å²) in [6.45, 7) is 5.48. The zero-order chi connectivity index (χ0) is 15.3. The van der Waals surface area contributed by atoms with Crippen LogP contribution in [0.25, 0.3) is 0 Å². The van der Waals surface area contributed by atoms with E-state index in [9.17, 15) is 9.90 Å². The van der Waals surface area contributed by atoms with E-state index in [-0.39, 0.29) is 17.9 Å². The molecule has 4 nitrogen and oxygen atoms in total. The van der Waals surface area contributed by atoms with Crippen molar-refractivity contribution in [3.63, 3.8) is 0 Å². The lowest BCUT2D eigenvalue weighted by molar-refractivity contribution is -0.133. The third kappa shape index (κ3) is 3.27. The summed E-state index contributed by atoms with van der Waals surface area (Å²) >= 11 is 0. The molecule has 2 unspecified atom stereocenters. The van der Waals surface area contributed by atoms with E-state index in [1.54, 1.807) is 0 Å². The first kappa shape index (κ1) is 16.0. The van der Waals surface area contributed by atoms with Gasteiger partial charge in [-0.3, -0.25) is 4.79 Å². The number of carbonyl (C=O) groups excluding carboxylic acids is 1. The van der Waals surface area contributed by atoms with Crippen molar-refractivity contribution in [1.82, 2.24) is 10.6 Å². The highest BCUT2D eigenvalue weighted by molar-refractivity contribution is 5.84. The summed E-state index contributed by atoms with van der Waals surface area (Å²) in [7, 11) is 0. The Morgan fingerprint density at radius 3 is 2.67 bits per heavy atom. The minimum atomic E-state index is -0.734. The highest BCUT2D eigenvalue weighted by Crippen LogP contribution is 2.33. The minimum Gasteiger partial charge on any atom is -0.394 e. The van der Waals surface area contributed by atoms with Crippen molar-refractivity contribution in [1.29, 1.82) is 0 Å². The van der Waals surface area contributed by atoms with Gasteiger partial charge in [0.25, 0.3) is 0 Å². The molecule has 21 heavy (non-hydrogen) atoms. The number of rotatable bonds is 6. The Hall–Kier alpha value is -1.39. The molecule has 1 fully saturated rings. The monoisotopic (exact) mass is 290 g/mol. The smallest absolute Gasteiger partial charge is 0.228 e. The average molecular weight is 290 g/mol. The van der Waals surface area contributed by atoms with E-state index < -0.39 is 5.54 Å². The van der Waals surface area contributed by atoms with E-state index in [1.165, 1.54) is 0 Å². The molecule has 1 aromatic rings. The van der Waals surface area contributed by atoms with Gasteiger partial charge in [0, 0.05) is 6.54 Å². The summed E-state index contributed by atoms with van der Waals surface area (Å²) in [5, 5.41) is 16.2. The molecule has 0 radical (unpaired) electrons. The van der Waals surface area contributed by atoms with Crippen LogP contribution >= 0.6 is 0 Å². The molecular weight excluding hydrogens is 264 g/mol. The normalized spacial score (nSPS) is 24.5. The summed E-state index contributed by atoms with van der Waals surface area (Å²) in [6, 6.07) is 9.66. The Kier molecular flexibility index (Phi) is 5.01. The first-order valence-corrected chi connectivity index (χ1v) is 7.76. The molecule has 0 bridgehead atoms. The van der Waals surface area contributed by atoms with Crippen molar-refractivity contribution in [3.05, 3.63) is 35.9 Å². The van der Waals surface area contributed by atoms with E-state index in [1.807, 2.05) is 37.3 Å². The fourth-order valence-corrected chi connectivity index (χ4v) is 3.14. The van der Waals surface area contributed by atoms with E-state index in [2.05, 4.69) is 17.6 Å². The van der Waals surface area contributed by atoms with Gasteiger partial charge in [0.15, 0.2) is 0 Å². The van der Waals surface area contributed by atoms with Gasteiger partial charge in [-0.15, -0.1) is 0 Å². The highest BCUT2D eigenvalue weighted by atomic mass is 16.3. The molecule has 4 heteroatoms. The van der Waals surface area contributed by atoms with Gasteiger partial charge in [-0.1, -0.05) is 43.7 Å². The van der Waals surface area contributed by atoms with E-state index in [0.29, 0.717) is 0 Å². The van der Waals surface area contributed by atoms with Crippen LogP contribution in [0.4, 0.5) is 0 Å². The predicted octanol–water partition coefficient (Wildman–Crippen LogP) is 1.79. The molecule has 2 atom stereocenters. The molecule has 1 saturated heterocycles. The Morgan fingerprint density at radius 2 is 2.14 bits per heavy atom. The number of hydrogen-bond donors (Lipinski definition) is 3. The van der Waals surface area contributed by atoms with Crippen LogP contribution in [0, 0.1) is 5.41 Å². The maximum absolute atomic E-state index is 12.8. The van der Waals surface area contributed by atoms with Crippen molar-refractivity contribution in [2.75, 3.05) is 19.7 Å². The van der Waals surface area contributed by atoms with E-state index in [4.69, 9.17) is 0 Å². The molecular formula is C17H26N2O2. The van der Waals surface area contributed by atoms with Crippen LogP contribution in [-0.4, -0.2) is 30.7 Å². The lowest BCUT2D eigenvalue weighted by Crippen LogP contribution is -2.53. The zero-order valence-corrected chi connectivity index (χ0v) is 13.0. The Morgan fingerprint density at radius 1 is 1.43 bits per heavy atom. The van der Waals surface area contributed by atoms with E-state index >= 15 is 0 Å². The third-order valence-electron chi connectivity index (χ3n) is 4.57. The molecule has 0 spiro atoms. The Bertz CT molecular complexity index is 469. The van der Waals surface area contributed by atoms with Gasteiger partial charge in [-0.2, -0.15) is 0 Å². The molecule has 3 N–H and O–H groups in total. The highest BCUT2D eigenvalue weighted by Gasteiger charge is 2.43. The number of benzene rings is 1. The van der Waals surface area contributed by atoms with Gasteiger partial charge in [0.1, 0.15) is 0 Å². The number of nitrogens with one attached hydrogen (secondary N) is 2. The molecule has 0 aliphatic carbocycles. The van der Waals surface area contributed by atoms with Crippen LogP contribution < -0.4 is 10.6 Å². The fourth-order valence-electron chi connectivity index (χ4n) is 3.14. The van der Waals surface area contributed by atoms with Gasteiger partial charge in [0.2, 0.25) is 5.91 Å². The number of amides is 1. The second-order valence-electron chi connectivity index (χ2n) is 6.27. The summed E-state index contributed by atoms with van der Waals surface area (Å²) in [5.74, 6) is 0.0507. The van der Waals surface area contributed by atoms with Gasteiger partial charge in [0.05, 0.1) is 17.6 Å². The standard InChI is InChI=1S/C17H26N2O2/c1-3-9-17(10-11-18-12-17)15(21)19-16(2,13-20)14-7-5-4-6-8-14/h4-8,18,20H,3,9-13H2,1-2H3,(H,19,21). The Balaban J connectivity index is 2.19. The molecule has 2 rings (SSSR count). The minimum absolute atomic E-state index is 0.0507. The maximum Gasteiger partial charge on any atom is 0.228 e. The summed E-state index contributed by atoms with van der Waals surface area (Å²) < 4.78 is 0. The third-order valence-corrected chi connectivity index (χ3v) is 4.57. The largest absolute Gasteiger partial charge is 0.394 e. The lowest BCUT2D eigenvalue weighted by atomic mass is 9.80. The summed E-state index contributed by atoms with van der Waals surface area (Å²) in [6.07, 6.45) is 2.72. The second kappa shape index (κ2) is 6.58. The van der Waals surface area contributed by atoms with Crippen LogP contribution in [0.1, 0.15) is 38.7 Å². The second-order valence-corrected chi connectivity index (χ2v) is 6.27. The number of aliphatic hydroxyl groups excluding tert-OH is 1. The molecule has 1 aliphatic rings. The van der Waals surface area contributed by atoms with Crippen molar-refractivity contribution >= 4 is 5.91 Å². The quantitative estimate of drug-likeness (QED) is 0.748. The molecule has 1 heterocycles. The van der Waals surface area contributed by atoms with Crippen LogP contribution in [0.5, 0.6) is 0 Å². The predicted molar refractivity (Wildman–Crippen MR) is 83.9 cm³/mol. The zero-order valence-electron chi connectivity index (χ0n) is 13.0. The topological polar surface area (TPSA) is 61.4 Å². The number of aliphatic hydroxyl groups is 1. The van der Waals surface area contributed by atoms with Crippen LogP contribution in [-0.2, 0) is 10.3 Å². The lowest BCUT2D eigenvalue weighted by Gasteiger charge is -2.35. The number of hydrogen-bond acceptors (Lipinski definition) is 3. The number of carbonyl (C=O) groups is 1. The summed E-state index contributed by atoms with van der Waals surface area (Å²) in [4.78, 5) is 12.8. The van der Waals surface area contributed by atoms with Crippen LogP contribution in [0.2, 0.25) is 0 Å². The van der Waals surface area contributed by atoms with Crippen molar-refractivity contribution < 1.29 is 9.90 Å². The van der Waals surface area contributed by atoms with E-state index in [0.717, 1.165) is 37.9 Å². The van der Waals surface area contributed by atoms with Gasteiger partial charge < -0.3 is 15.7 Å². The van der Waals surface area contributed by atoms with Gasteiger partial charge >= 0.3 is 0 Å². The molecule has 0 saturated carbocycles. The molecule has 1 aromatic carbocycles. The van der Waals surface area contributed by atoms with Crippen LogP contribution in [0.15, 0.2) is 30.3 Å². The fraction of sp³-hybridized carbons (Fsp3) is 0.588. The first-order valence-electron chi connectivity index (χ1n) is 7.76. The van der Waals surface area contributed by atoms with Gasteiger partial charge in [-0.05, 0) is 31.9 Å². The molecule has 1 aliphatic heterocycles. The molecule has 1 amide bonds. The molecule has 0 aromatic heterocycles. The average Bonchev–Trinajstić information content (AvgIpc) is 2.98. The summed E-state index contributed by atoms with van der Waals surface area (Å²) in [5.41, 5.74) is -0.139. The van der Waals surface area contributed by atoms with Gasteiger partial charge in [-0.25, -0.2) is 0 Å². The van der Waals surface area contributed by atoms with Crippen molar-refractivity contribution in [3.8, 4) is 0 Å². The SMILES string of the molecule is CCCC1(C(=O)NC(C)(CO)c2ccccc2)CCNC1. The molecule has 116 valence electrons. The van der Waals surface area contributed by atoms with Crippen molar-refractivity contribution in [2.45, 2.75) is 38.6 Å².